The Morgan fingerprint density at radius 1 is 1.40 bits per heavy atom. The number of fused-ring (bicyclic) bond motifs is 5. The van der Waals surface area contributed by atoms with Gasteiger partial charge in [-0.3, -0.25) is 9.36 Å². The first-order chi connectivity index (χ1) is 9.68. The van der Waals surface area contributed by atoms with Gasteiger partial charge in [-0.1, -0.05) is 6.07 Å². The van der Waals surface area contributed by atoms with Crippen LogP contribution in [-0.2, 0) is 0 Å². The van der Waals surface area contributed by atoms with Gasteiger partial charge in [-0.2, -0.15) is 0 Å². The molecule has 1 fully saturated rings. The molecule has 1 saturated heterocycles. The van der Waals surface area contributed by atoms with Crippen LogP contribution in [0.2, 0.25) is 0 Å². The fourth-order valence-electron chi connectivity index (χ4n) is 3.19. The largest absolute Gasteiger partial charge is 0.330 e. The number of nitrogens with zero attached hydrogens (tertiary/aromatic N) is 3. The number of imidazole rings is 1. The van der Waals surface area contributed by atoms with Gasteiger partial charge in [-0.15, -0.1) is 0 Å². The highest BCUT2D eigenvalue weighted by atomic mass is 127. The summed E-state index contributed by atoms with van der Waals surface area (Å²) in [5, 5.41) is 0. The van der Waals surface area contributed by atoms with Gasteiger partial charge in [-0.25, -0.2) is 4.98 Å². The van der Waals surface area contributed by atoms with Crippen LogP contribution in [0.4, 0.5) is 0 Å². The second kappa shape index (κ2) is 4.56. The number of carbonyl (C=O) groups excluding carboxylic acids is 1. The minimum atomic E-state index is 0.120. The quantitative estimate of drug-likeness (QED) is 0.584. The van der Waals surface area contributed by atoms with Crippen molar-refractivity contribution in [2.45, 2.75) is 18.9 Å². The zero-order valence-corrected chi connectivity index (χ0v) is 14.3. The molecule has 0 N–H and O–H groups in total. The Morgan fingerprint density at radius 3 is 3.10 bits per heavy atom. The van der Waals surface area contributed by atoms with Crippen molar-refractivity contribution in [3.63, 3.8) is 0 Å². The molecule has 1 aromatic carbocycles. The molecular formula is C14H11BrIN3O. The molecule has 3 heterocycles. The molecule has 1 amide bonds. The third-order valence-corrected chi connectivity index (χ3v) is 5.54. The maximum atomic E-state index is 12.9. The van der Waals surface area contributed by atoms with Crippen molar-refractivity contribution in [3.8, 4) is 5.69 Å². The lowest BCUT2D eigenvalue weighted by Crippen LogP contribution is -2.30. The van der Waals surface area contributed by atoms with Crippen LogP contribution in [-0.4, -0.2) is 26.9 Å². The van der Waals surface area contributed by atoms with E-state index in [1.165, 1.54) is 0 Å². The van der Waals surface area contributed by atoms with Gasteiger partial charge >= 0.3 is 0 Å². The maximum absolute atomic E-state index is 12.9. The van der Waals surface area contributed by atoms with Crippen molar-refractivity contribution >= 4 is 44.4 Å². The highest BCUT2D eigenvalue weighted by molar-refractivity contribution is 14.1. The average Bonchev–Trinajstić information content (AvgIpc) is 3.01. The zero-order chi connectivity index (χ0) is 13.9. The fraction of sp³-hybridized carbons (Fsp3) is 0.286. The Balaban J connectivity index is 2.08. The molecule has 0 saturated carbocycles. The average molecular weight is 444 g/mol. The van der Waals surface area contributed by atoms with Crippen molar-refractivity contribution < 1.29 is 4.79 Å². The van der Waals surface area contributed by atoms with Gasteiger partial charge < -0.3 is 4.90 Å². The minimum absolute atomic E-state index is 0.120. The first-order valence-corrected chi connectivity index (χ1v) is 8.38. The summed E-state index contributed by atoms with van der Waals surface area (Å²) < 4.78 is 3.91. The van der Waals surface area contributed by atoms with Gasteiger partial charge in [0.1, 0.15) is 10.0 Å². The van der Waals surface area contributed by atoms with Gasteiger partial charge in [0.2, 0.25) is 0 Å². The molecular weight excluding hydrogens is 433 g/mol. The van der Waals surface area contributed by atoms with E-state index in [1.807, 2.05) is 29.4 Å². The van der Waals surface area contributed by atoms with Crippen molar-refractivity contribution in [2.75, 3.05) is 6.54 Å². The summed E-state index contributed by atoms with van der Waals surface area (Å²) in [4.78, 5) is 19.3. The van der Waals surface area contributed by atoms with E-state index in [4.69, 9.17) is 0 Å². The minimum Gasteiger partial charge on any atom is -0.330 e. The summed E-state index contributed by atoms with van der Waals surface area (Å²) in [6.45, 7) is 0.825. The lowest BCUT2D eigenvalue weighted by Gasteiger charge is -2.22. The molecule has 102 valence electrons. The SMILES string of the molecule is O=C1c2c(Br)cccc2-n2cnc(I)c2[C@@H]2CCCN12. The number of halogens is 2. The van der Waals surface area contributed by atoms with Crippen molar-refractivity contribution in [3.05, 3.63) is 44.0 Å². The van der Waals surface area contributed by atoms with Crippen LogP contribution in [0.15, 0.2) is 29.0 Å². The predicted molar refractivity (Wildman–Crippen MR) is 87.0 cm³/mol. The van der Waals surface area contributed by atoms with E-state index in [0.29, 0.717) is 0 Å². The summed E-state index contributed by atoms with van der Waals surface area (Å²) in [6.07, 6.45) is 3.90. The van der Waals surface area contributed by atoms with Crippen molar-refractivity contribution in [1.82, 2.24) is 14.5 Å². The summed E-state index contributed by atoms with van der Waals surface area (Å²) in [5.41, 5.74) is 2.81. The van der Waals surface area contributed by atoms with Gasteiger partial charge in [-0.05, 0) is 63.5 Å². The number of amides is 1. The molecule has 2 aromatic rings. The maximum Gasteiger partial charge on any atom is 0.257 e. The summed E-state index contributed by atoms with van der Waals surface area (Å²) in [7, 11) is 0. The molecule has 0 aliphatic carbocycles. The molecule has 0 bridgehead atoms. The monoisotopic (exact) mass is 443 g/mol. The summed E-state index contributed by atoms with van der Waals surface area (Å²) in [6, 6.07) is 6.02. The Kier molecular flexibility index (Phi) is 2.92. The van der Waals surface area contributed by atoms with Crippen LogP contribution in [0, 0.1) is 3.70 Å². The predicted octanol–water partition coefficient (Wildman–Crippen LogP) is 3.53. The van der Waals surface area contributed by atoms with E-state index in [9.17, 15) is 4.79 Å². The first kappa shape index (κ1) is 12.8. The van der Waals surface area contributed by atoms with Crippen molar-refractivity contribution in [1.29, 1.82) is 0 Å². The second-order valence-corrected chi connectivity index (χ2v) is 6.96. The molecule has 6 heteroatoms. The standard InChI is InChI=1S/C14H11BrIN3O/c15-8-3-1-4-9-11(8)14(20)18-6-2-5-10(18)12-13(16)17-7-19(9)12/h1,3-4,7,10H,2,5-6H2/t10-/m0/s1. The second-order valence-electron chi connectivity index (χ2n) is 5.08. The van der Waals surface area contributed by atoms with Crippen LogP contribution in [0.3, 0.4) is 0 Å². The van der Waals surface area contributed by atoms with Gasteiger partial charge in [0.25, 0.3) is 5.91 Å². The van der Waals surface area contributed by atoms with Crippen LogP contribution in [0.5, 0.6) is 0 Å². The summed E-state index contributed by atoms with van der Waals surface area (Å²) >= 11 is 5.79. The lowest BCUT2D eigenvalue weighted by molar-refractivity contribution is 0.0737. The highest BCUT2D eigenvalue weighted by Gasteiger charge is 2.39. The van der Waals surface area contributed by atoms with Gasteiger partial charge in [0, 0.05) is 11.0 Å². The van der Waals surface area contributed by atoms with Crippen molar-refractivity contribution in [2.24, 2.45) is 0 Å². The lowest BCUT2D eigenvalue weighted by atomic mass is 10.1. The number of carbonyl (C=O) groups is 1. The number of benzene rings is 1. The molecule has 1 atom stereocenters. The molecule has 1 aromatic heterocycles. The Hall–Kier alpha value is -0.890. The normalized spacial score (nSPS) is 20.4. The van der Waals surface area contributed by atoms with Gasteiger partial charge in [0.15, 0.2) is 0 Å². The van der Waals surface area contributed by atoms with Gasteiger partial charge in [0.05, 0.1) is 23.0 Å². The van der Waals surface area contributed by atoms with E-state index in [-0.39, 0.29) is 11.9 Å². The Morgan fingerprint density at radius 2 is 2.25 bits per heavy atom. The molecule has 2 aliphatic rings. The van der Waals surface area contributed by atoms with Crippen LogP contribution in [0.25, 0.3) is 5.69 Å². The molecule has 0 unspecified atom stereocenters. The third-order valence-electron chi connectivity index (χ3n) is 4.05. The first-order valence-electron chi connectivity index (χ1n) is 6.51. The molecule has 20 heavy (non-hydrogen) atoms. The van der Waals surface area contributed by atoms with E-state index < -0.39 is 0 Å². The number of hydrogen-bond acceptors (Lipinski definition) is 2. The van der Waals surface area contributed by atoms with E-state index in [1.54, 1.807) is 0 Å². The van der Waals surface area contributed by atoms with E-state index >= 15 is 0 Å². The smallest absolute Gasteiger partial charge is 0.257 e. The zero-order valence-electron chi connectivity index (χ0n) is 10.5. The molecule has 0 radical (unpaired) electrons. The number of rotatable bonds is 0. The van der Waals surface area contributed by atoms with E-state index in [2.05, 4.69) is 48.1 Å². The number of aromatic nitrogens is 2. The third kappa shape index (κ3) is 1.64. The molecule has 4 rings (SSSR count). The summed E-state index contributed by atoms with van der Waals surface area (Å²) in [5.74, 6) is 0.120. The van der Waals surface area contributed by atoms with Crippen LogP contribution < -0.4 is 0 Å². The fourth-order valence-corrected chi connectivity index (χ4v) is 4.46. The van der Waals surface area contributed by atoms with Crippen LogP contribution >= 0.6 is 38.5 Å². The molecule has 2 aliphatic heterocycles. The van der Waals surface area contributed by atoms with Crippen LogP contribution in [0.1, 0.15) is 34.9 Å². The number of hydrogen-bond donors (Lipinski definition) is 0. The highest BCUT2D eigenvalue weighted by Crippen LogP contribution is 2.41. The Bertz CT molecular complexity index is 727. The molecule has 0 spiro atoms. The topological polar surface area (TPSA) is 38.1 Å². The Labute approximate surface area is 138 Å². The van der Waals surface area contributed by atoms with E-state index in [0.717, 1.165) is 44.5 Å². The molecule has 4 nitrogen and oxygen atoms in total.